The lowest BCUT2D eigenvalue weighted by Gasteiger charge is -2.12. The molecule has 0 radical (unpaired) electrons. The molecule has 0 N–H and O–H groups in total. The topological polar surface area (TPSA) is 45.9 Å². The Morgan fingerprint density at radius 3 is 2.42 bits per heavy atom. The second kappa shape index (κ2) is 6.97. The van der Waals surface area contributed by atoms with Crippen molar-refractivity contribution < 1.29 is 4.74 Å². The first-order valence-electron chi connectivity index (χ1n) is 7.82. The smallest absolute Gasteiger partial charge is 0.213 e. The molecule has 0 unspecified atom stereocenters. The lowest BCUT2D eigenvalue weighted by Crippen LogP contribution is -1.98. The Morgan fingerprint density at radius 2 is 1.75 bits per heavy atom. The highest BCUT2D eigenvalue weighted by Crippen LogP contribution is 2.27. The van der Waals surface area contributed by atoms with Crippen molar-refractivity contribution in [3.8, 4) is 23.1 Å². The largest absolute Gasteiger partial charge is 0.473 e. The van der Waals surface area contributed by atoms with Crippen LogP contribution in [-0.4, -0.2) is 4.98 Å². The quantitative estimate of drug-likeness (QED) is 0.694. The van der Waals surface area contributed by atoms with Crippen molar-refractivity contribution in [2.75, 3.05) is 0 Å². The minimum absolute atomic E-state index is 0.442. The second-order valence-electron chi connectivity index (χ2n) is 5.75. The van der Waals surface area contributed by atoms with Gasteiger partial charge >= 0.3 is 0 Å². The van der Waals surface area contributed by atoms with E-state index in [2.05, 4.69) is 49.2 Å². The third-order valence-electron chi connectivity index (χ3n) is 3.95. The highest BCUT2D eigenvalue weighted by molar-refractivity contribution is 5.71. The van der Waals surface area contributed by atoms with Gasteiger partial charge in [0.25, 0.3) is 0 Å². The van der Waals surface area contributed by atoms with E-state index in [0.717, 1.165) is 5.56 Å². The van der Waals surface area contributed by atoms with Crippen molar-refractivity contribution in [2.45, 2.75) is 20.5 Å². The van der Waals surface area contributed by atoms with Crippen LogP contribution in [0.1, 0.15) is 22.3 Å². The molecule has 0 spiro atoms. The molecule has 3 heteroatoms. The van der Waals surface area contributed by atoms with Crippen molar-refractivity contribution in [3.63, 3.8) is 0 Å². The summed E-state index contributed by atoms with van der Waals surface area (Å²) in [6.07, 6.45) is 1.52. The molecule has 118 valence electrons. The summed E-state index contributed by atoms with van der Waals surface area (Å²) in [6.45, 7) is 4.70. The summed E-state index contributed by atoms with van der Waals surface area (Å²) in [5.74, 6) is 0.520. The number of hydrogen-bond donors (Lipinski definition) is 0. The Kier molecular flexibility index (Phi) is 4.58. The third kappa shape index (κ3) is 3.44. The summed E-state index contributed by atoms with van der Waals surface area (Å²) in [6, 6.07) is 20.2. The normalized spacial score (nSPS) is 10.2. The van der Waals surface area contributed by atoms with E-state index in [1.165, 1.54) is 28.5 Å². The highest BCUT2D eigenvalue weighted by Gasteiger charge is 2.06. The zero-order chi connectivity index (χ0) is 16.9. The predicted molar refractivity (Wildman–Crippen MR) is 94.6 cm³/mol. The average molecular weight is 314 g/mol. The summed E-state index contributed by atoms with van der Waals surface area (Å²) in [4.78, 5) is 4.13. The van der Waals surface area contributed by atoms with Crippen molar-refractivity contribution in [1.29, 1.82) is 5.26 Å². The third-order valence-corrected chi connectivity index (χ3v) is 3.95. The molecule has 0 aliphatic carbocycles. The van der Waals surface area contributed by atoms with Gasteiger partial charge in [-0.25, -0.2) is 4.98 Å². The fourth-order valence-corrected chi connectivity index (χ4v) is 2.78. The van der Waals surface area contributed by atoms with Gasteiger partial charge < -0.3 is 4.74 Å². The number of pyridine rings is 1. The number of aromatic nitrogens is 1. The van der Waals surface area contributed by atoms with Crippen LogP contribution in [-0.2, 0) is 6.61 Å². The minimum Gasteiger partial charge on any atom is -0.473 e. The molecule has 0 aliphatic rings. The van der Waals surface area contributed by atoms with Gasteiger partial charge in [-0.3, -0.25) is 0 Å². The van der Waals surface area contributed by atoms with Crippen LogP contribution in [0.4, 0.5) is 0 Å². The average Bonchev–Trinajstić information content (AvgIpc) is 2.61. The number of aryl methyl sites for hydroxylation is 2. The van der Waals surface area contributed by atoms with E-state index in [1.807, 2.05) is 18.2 Å². The first-order valence-corrected chi connectivity index (χ1v) is 7.82. The summed E-state index contributed by atoms with van der Waals surface area (Å²) >= 11 is 0. The lowest BCUT2D eigenvalue weighted by molar-refractivity contribution is 0.294. The van der Waals surface area contributed by atoms with E-state index in [9.17, 15) is 0 Å². The van der Waals surface area contributed by atoms with Crippen molar-refractivity contribution >= 4 is 0 Å². The van der Waals surface area contributed by atoms with E-state index in [0.29, 0.717) is 18.1 Å². The van der Waals surface area contributed by atoms with Crippen LogP contribution in [0.25, 0.3) is 11.1 Å². The van der Waals surface area contributed by atoms with Crippen LogP contribution in [0.5, 0.6) is 5.88 Å². The number of benzene rings is 2. The molecule has 1 heterocycles. The predicted octanol–water partition coefficient (Wildman–Crippen LogP) is 4.82. The number of nitriles is 1. The molecule has 0 fully saturated rings. The Morgan fingerprint density at radius 1 is 1.00 bits per heavy atom. The number of hydrogen-bond acceptors (Lipinski definition) is 3. The van der Waals surface area contributed by atoms with E-state index in [4.69, 9.17) is 10.00 Å². The van der Waals surface area contributed by atoms with Crippen molar-refractivity contribution in [3.05, 3.63) is 83.0 Å². The zero-order valence-electron chi connectivity index (χ0n) is 13.8. The maximum Gasteiger partial charge on any atom is 0.213 e. The standard InChI is InChI=1S/C21H18N2O/c1-15-5-3-6-16(2)21(15)19-8-4-7-17(11-19)14-24-20-10-9-18(12-22)13-23-20/h3-11,13H,14H2,1-2H3. The summed E-state index contributed by atoms with van der Waals surface area (Å²) < 4.78 is 5.72. The van der Waals surface area contributed by atoms with E-state index in [-0.39, 0.29) is 0 Å². The van der Waals surface area contributed by atoms with Crippen molar-refractivity contribution in [1.82, 2.24) is 4.98 Å². The molecular weight excluding hydrogens is 296 g/mol. The molecule has 3 nitrogen and oxygen atoms in total. The molecule has 1 aromatic heterocycles. The van der Waals surface area contributed by atoms with Crippen LogP contribution in [0.3, 0.4) is 0 Å². The summed E-state index contributed by atoms with van der Waals surface area (Å²) in [5.41, 5.74) is 6.61. The summed E-state index contributed by atoms with van der Waals surface area (Å²) in [5, 5.41) is 8.79. The molecule has 0 saturated heterocycles. The Labute approximate surface area is 142 Å². The van der Waals surface area contributed by atoms with Gasteiger partial charge in [0.1, 0.15) is 12.7 Å². The van der Waals surface area contributed by atoms with E-state index in [1.54, 1.807) is 12.1 Å². The van der Waals surface area contributed by atoms with Crippen LogP contribution in [0.15, 0.2) is 60.8 Å². The van der Waals surface area contributed by atoms with Gasteiger partial charge in [-0.15, -0.1) is 0 Å². The van der Waals surface area contributed by atoms with Crippen LogP contribution in [0.2, 0.25) is 0 Å². The van der Waals surface area contributed by atoms with E-state index < -0.39 is 0 Å². The zero-order valence-corrected chi connectivity index (χ0v) is 13.8. The van der Waals surface area contributed by atoms with E-state index >= 15 is 0 Å². The molecular formula is C21H18N2O. The fourth-order valence-electron chi connectivity index (χ4n) is 2.78. The number of ether oxygens (including phenoxy) is 1. The molecule has 0 aliphatic heterocycles. The van der Waals surface area contributed by atoms with Crippen molar-refractivity contribution in [2.24, 2.45) is 0 Å². The summed E-state index contributed by atoms with van der Waals surface area (Å²) in [7, 11) is 0. The van der Waals surface area contributed by atoms with Gasteiger partial charge in [0, 0.05) is 12.3 Å². The van der Waals surface area contributed by atoms with Crippen LogP contribution < -0.4 is 4.74 Å². The fraction of sp³-hybridized carbons (Fsp3) is 0.143. The Bertz CT molecular complexity index is 872. The molecule has 0 saturated carbocycles. The SMILES string of the molecule is Cc1cccc(C)c1-c1cccc(COc2ccc(C#N)cn2)c1. The number of rotatable bonds is 4. The monoisotopic (exact) mass is 314 g/mol. The molecule has 0 amide bonds. The van der Waals surface area contributed by atoms with Gasteiger partial charge in [0.2, 0.25) is 5.88 Å². The molecule has 24 heavy (non-hydrogen) atoms. The Balaban J connectivity index is 1.79. The lowest BCUT2D eigenvalue weighted by atomic mass is 9.95. The first-order chi connectivity index (χ1) is 11.7. The molecule has 2 aromatic carbocycles. The van der Waals surface area contributed by atoms with Crippen LogP contribution >= 0.6 is 0 Å². The first kappa shape index (κ1) is 15.8. The number of nitrogens with zero attached hydrogens (tertiary/aromatic N) is 2. The van der Waals surface area contributed by atoms with Gasteiger partial charge in [-0.1, -0.05) is 36.4 Å². The van der Waals surface area contributed by atoms with Gasteiger partial charge in [-0.2, -0.15) is 5.26 Å². The maximum absolute atomic E-state index is 8.79. The molecule has 0 atom stereocenters. The maximum atomic E-state index is 8.79. The molecule has 3 aromatic rings. The highest BCUT2D eigenvalue weighted by atomic mass is 16.5. The molecule has 3 rings (SSSR count). The molecule has 0 bridgehead atoms. The van der Waals surface area contributed by atoms with Gasteiger partial charge in [0.15, 0.2) is 0 Å². The minimum atomic E-state index is 0.442. The van der Waals surface area contributed by atoms with Crippen LogP contribution in [0, 0.1) is 25.2 Å². The second-order valence-corrected chi connectivity index (χ2v) is 5.75. The Hall–Kier alpha value is -3.12. The van der Waals surface area contributed by atoms with Gasteiger partial charge in [-0.05, 0) is 53.8 Å². The van der Waals surface area contributed by atoms with Gasteiger partial charge in [0.05, 0.1) is 5.56 Å².